The van der Waals surface area contributed by atoms with Gasteiger partial charge in [0.1, 0.15) is 0 Å². The molecule has 0 fully saturated rings. The van der Waals surface area contributed by atoms with Crippen LogP contribution in [0.5, 0.6) is 0 Å². The van der Waals surface area contributed by atoms with Crippen LogP contribution < -0.4 is 0 Å². The molecule has 0 spiro atoms. The third-order valence-electron chi connectivity index (χ3n) is 5.06. The molecule has 0 N–H and O–H groups in total. The molecule has 2 aromatic carbocycles. The zero-order valence-corrected chi connectivity index (χ0v) is 17.5. The summed E-state index contributed by atoms with van der Waals surface area (Å²) >= 11 is 6.04. The Kier molecular flexibility index (Phi) is 6.23. The molecule has 0 amide bonds. The monoisotopic (exact) mass is 408 g/mol. The first kappa shape index (κ1) is 20.2. The Bertz CT molecular complexity index is 1110. The summed E-state index contributed by atoms with van der Waals surface area (Å²) in [6.07, 6.45) is 6.12. The molecule has 0 saturated heterocycles. The fourth-order valence-corrected chi connectivity index (χ4v) is 3.58. The van der Waals surface area contributed by atoms with Crippen LogP contribution in [0.2, 0.25) is 5.02 Å². The minimum atomic E-state index is 0. The smallest absolute Gasteiger partial charge is 0.0873 e. The third-order valence-corrected chi connectivity index (χ3v) is 5.31. The number of fused-ring (bicyclic) bond motifs is 1. The summed E-state index contributed by atoms with van der Waals surface area (Å²) in [5.41, 5.74) is 7.12. The van der Waals surface area contributed by atoms with Gasteiger partial charge in [-0.15, -0.1) is 12.4 Å². The van der Waals surface area contributed by atoms with E-state index < -0.39 is 0 Å². The molecule has 0 radical (unpaired) electrons. The number of rotatable bonds is 4. The summed E-state index contributed by atoms with van der Waals surface area (Å²) in [6, 6.07) is 20.5. The zero-order chi connectivity index (χ0) is 18.8. The molecule has 0 bridgehead atoms. The van der Waals surface area contributed by atoms with Crippen molar-refractivity contribution >= 4 is 47.1 Å². The Balaban J connectivity index is 0.00000225. The Morgan fingerprint density at radius 3 is 2.36 bits per heavy atom. The normalized spacial score (nSPS) is 11.1. The number of benzene rings is 2. The summed E-state index contributed by atoms with van der Waals surface area (Å²) in [5, 5.41) is 2.02. The molecule has 2 aromatic heterocycles. The Morgan fingerprint density at radius 1 is 0.929 bits per heavy atom. The highest BCUT2D eigenvalue weighted by Crippen LogP contribution is 2.29. The van der Waals surface area contributed by atoms with Gasteiger partial charge >= 0.3 is 0 Å². The van der Waals surface area contributed by atoms with Crippen molar-refractivity contribution in [3.63, 3.8) is 0 Å². The lowest BCUT2D eigenvalue weighted by Gasteiger charge is -2.10. The van der Waals surface area contributed by atoms with E-state index in [1.54, 1.807) is 0 Å². The second-order valence-electron chi connectivity index (χ2n) is 6.76. The van der Waals surface area contributed by atoms with Gasteiger partial charge in [-0.1, -0.05) is 60.1 Å². The maximum absolute atomic E-state index is 6.04. The number of pyridine rings is 1. The molecule has 0 aliphatic rings. The van der Waals surface area contributed by atoms with E-state index >= 15 is 0 Å². The topological polar surface area (TPSA) is 17.8 Å². The highest BCUT2D eigenvalue weighted by molar-refractivity contribution is 6.30. The molecular weight excluding hydrogens is 387 g/mol. The fourth-order valence-electron chi connectivity index (χ4n) is 3.45. The lowest BCUT2D eigenvalue weighted by molar-refractivity contribution is 0.798. The number of halogens is 2. The summed E-state index contributed by atoms with van der Waals surface area (Å²) in [4.78, 5) is 4.66. The van der Waals surface area contributed by atoms with Crippen molar-refractivity contribution in [1.82, 2.24) is 9.55 Å². The fraction of sp³-hybridized carbons (Fsp3) is 0.125. The first-order valence-corrected chi connectivity index (χ1v) is 9.43. The van der Waals surface area contributed by atoms with Crippen molar-refractivity contribution in [3.8, 4) is 0 Å². The van der Waals surface area contributed by atoms with E-state index in [4.69, 9.17) is 11.6 Å². The van der Waals surface area contributed by atoms with E-state index in [0.717, 1.165) is 17.3 Å². The van der Waals surface area contributed by atoms with Crippen LogP contribution in [0.1, 0.15) is 28.1 Å². The van der Waals surface area contributed by atoms with Crippen LogP contribution in [0, 0.1) is 13.8 Å². The van der Waals surface area contributed by atoms with Crippen molar-refractivity contribution in [2.45, 2.75) is 20.4 Å². The van der Waals surface area contributed by atoms with Crippen molar-refractivity contribution in [2.75, 3.05) is 0 Å². The van der Waals surface area contributed by atoms with Gasteiger partial charge in [0.15, 0.2) is 0 Å². The quantitative estimate of drug-likeness (QED) is 0.357. The van der Waals surface area contributed by atoms with Gasteiger partial charge in [-0.25, -0.2) is 0 Å². The van der Waals surface area contributed by atoms with Crippen LogP contribution in [-0.4, -0.2) is 9.55 Å². The molecule has 2 nitrogen and oxygen atoms in total. The molecule has 0 aliphatic carbocycles. The van der Waals surface area contributed by atoms with Gasteiger partial charge in [0.05, 0.1) is 11.2 Å². The van der Waals surface area contributed by atoms with Gasteiger partial charge in [-0.3, -0.25) is 4.98 Å². The largest absolute Gasteiger partial charge is 0.338 e. The van der Waals surface area contributed by atoms with Crippen LogP contribution in [0.25, 0.3) is 23.1 Å². The van der Waals surface area contributed by atoms with Crippen molar-refractivity contribution in [3.05, 3.63) is 100.0 Å². The van der Waals surface area contributed by atoms with Gasteiger partial charge in [0.25, 0.3) is 0 Å². The van der Waals surface area contributed by atoms with E-state index in [2.05, 4.69) is 65.9 Å². The summed E-state index contributed by atoms with van der Waals surface area (Å²) < 4.78 is 2.35. The molecule has 4 rings (SSSR count). The standard InChI is InChI=1S/C24H21ClN2.ClH/c1-17-18(2)27(16-20-8-11-21(25)12-9-20)24-22(17)14-15-26-23(24)13-10-19-6-4-3-5-7-19;/h3-15H,16H2,1-2H3;1H. The number of aromatic nitrogens is 2. The van der Waals surface area contributed by atoms with Crippen LogP contribution in [0.15, 0.2) is 66.9 Å². The molecule has 4 heteroatoms. The summed E-state index contributed by atoms with van der Waals surface area (Å²) in [6.45, 7) is 5.15. The maximum atomic E-state index is 6.04. The SMILES string of the molecule is Cc1c(C)n(Cc2ccc(Cl)cc2)c2c(C=Cc3ccccc3)nccc12.Cl. The second kappa shape index (κ2) is 8.64. The summed E-state index contributed by atoms with van der Waals surface area (Å²) in [7, 11) is 0. The molecular formula is C24H22Cl2N2. The average Bonchev–Trinajstić information content (AvgIpc) is 2.94. The first-order valence-electron chi connectivity index (χ1n) is 9.05. The average molecular weight is 409 g/mol. The van der Waals surface area contributed by atoms with Gasteiger partial charge in [-0.2, -0.15) is 0 Å². The van der Waals surface area contributed by atoms with Crippen molar-refractivity contribution in [1.29, 1.82) is 0 Å². The number of hydrogen-bond donors (Lipinski definition) is 0. The Morgan fingerprint density at radius 2 is 1.64 bits per heavy atom. The second-order valence-corrected chi connectivity index (χ2v) is 7.20. The molecule has 142 valence electrons. The predicted octanol–water partition coefficient (Wildman–Crippen LogP) is 6.95. The number of aryl methyl sites for hydroxylation is 1. The molecule has 2 heterocycles. The number of hydrogen-bond acceptors (Lipinski definition) is 1. The van der Waals surface area contributed by atoms with Gasteiger partial charge < -0.3 is 4.57 Å². The molecule has 0 aliphatic heterocycles. The van der Waals surface area contributed by atoms with Crippen LogP contribution in [0.3, 0.4) is 0 Å². The Labute approximate surface area is 176 Å². The van der Waals surface area contributed by atoms with Crippen LogP contribution in [-0.2, 0) is 6.54 Å². The minimum Gasteiger partial charge on any atom is -0.338 e. The van der Waals surface area contributed by atoms with Gasteiger partial charge in [-0.05, 0) is 54.8 Å². The lowest BCUT2D eigenvalue weighted by Crippen LogP contribution is -2.03. The highest BCUT2D eigenvalue weighted by atomic mass is 35.5. The molecule has 0 unspecified atom stereocenters. The van der Waals surface area contributed by atoms with Crippen molar-refractivity contribution in [2.24, 2.45) is 0 Å². The lowest BCUT2D eigenvalue weighted by atomic mass is 10.1. The van der Waals surface area contributed by atoms with Crippen molar-refractivity contribution < 1.29 is 0 Å². The minimum absolute atomic E-state index is 0. The Hall–Kier alpha value is -2.55. The van der Waals surface area contributed by atoms with E-state index in [1.165, 1.54) is 33.3 Å². The van der Waals surface area contributed by atoms with E-state index in [-0.39, 0.29) is 12.4 Å². The number of nitrogens with zero attached hydrogens (tertiary/aromatic N) is 2. The highest BCUT2D eigenvalue weighted by Gasteiger charge is 2.14. The van der Waals surface area contributed by atoms with Gasteiger partial charge in [0.2, 0.25) is 0 Å². The van der Waals surface area contributed by atoms with E-state index in [1.807, 2.05) is 36.5 Å². The maximum Gasteiger partial charge on any atom is 0.0873 e. The van der Waals surface area contributed by atoms with Crippen LogP contribution in [0.4, 0.5) is 0 Å². The third kappa shape index (κ3) is 3.99. The first-order chi connectivity index (χ1) is 13.1. The predicted molar refractivity (Wildman–Crippen MR) is 122 cm³/mol. The van der Waals surface area contributed by atoms with Crippen LogP contribution >= 0.6 is 24.0 Å². The van der Waals surface area contributed by atoms with E-state index in [9.17, 15) is 0 Å². The molecule has 28 heavy (non-hydrogen) atoms. The molecule has 4 aromatic rings. The molecule has 0 saturated carbocycles. The van der Waals surface area contributed by atoms with Gasteiger partial charge in [0, 0.05) is 28.8 Å². The van der Waals surface area contributed by atoms with E-state index in [0.29, 0.717) is 0 Å². The zero-order valence-electron chi connectivity index (χ0n) is 15.9. The summed E-state index contributed by atoms with van der Waals surface area (Å²) in [5.74, 6) is 0. The molecule has 0 atom stereocenters.